The summed E-state index contributed by atoms with van der Waals surface area (Å²) in [6.07, 6.45) is -4.65. The van der Waals surface area contributed by atoms with Gasteiger partial charge in [-0.1, -0.05) is 11.6 Å². The quantitative estimate of drug-likeness (QED) is 0.866. The second-order valence-corrected chi connectivity index (χ2v) is 5.18. The standard InChI is InChI=1S/C16H13ClF3NO3/c1-23-11-5-9(6-12(8-11)24-2)15(22)21-14-4-3-10(17)7-13(14)16(18,19)20/h3-8H,1-2H3,(H,21,22). The summed E-state index contributed by atoms with van der Waals surface area (Å²) in [5.74, 6) is -0.0571. The lowest BCUT2D eigenvalue weighted by molar-refractivity contribution is -0.136. The van der Waals surface area contributed by atoms with Crippen molar-refractivity contribution in [1.29, 1.82) is 0 Å². The molecule has 2 aromatic rings. The summed E-state index contributed by atoms with van der Waals surface area (Å²) < 4.78 is 49.3. The SMILES string of the molecule is COc1cc(OC)cc(C(=O)Nc2ccc(Cl)cc2C(F)(F)F)c1. The Hall–Kier alpha value is -2.41. The Labute approximate surface area is 141 Å². The normalized spacial score (nSPS) is 11.1. The van der Waals surface area contributed by atoms with Gasteiger partial charge in [0.05, 0.1) is 25.5 Å². The third kappa shape index (κ3) is 4.11. The first-order valence-electron chi connectivity index (χ1n) is 6.65. The van der Waals surface area contributed by atoms with Crippen LogP contribution in [0.2, 0.25) is 5.02 Å². The van der Waals surface area contributed by atoms with Crippen LogP contribution in [0.15, 0.2) is 36.4 Å². The molecule has 0 atom stereocenters. The number of carbonyl (C=O) groups is 1. The average molecular weight is 360 g/mol. The van der Waals surface area contributed by atoms with Gasteiger partial charge >= 0.3 is 6.18 Å². The van der Waals surface area contributed by atoms with Gasteiger partial charge in [0.25, 0.3) is 5.91 Å². The molecule has 24 heavy (non-hydrogen) atoms. The van der Waals surface area contributed by atoms with Crippen LogP contribution in [0.3, 0.4) is 0 Å². The lowest BCUT2D eigenvalue weighted by Gasteiger charge is -2.15. The largest absolute Gasteiger partial charge is 0.497 e. The lowest BCUT2D eigenvalue weighted by atomic mass is 10.1. The molecular formula is C16H13ClF3NO3. The molecule has 0 heterocycles. The molecule has 1 amide bonds. The molecule has 0 saturated heterocycles. The summed E-state index contributed by atoms with van der Waals surface area (Å²) in [4.78, 5) is 12.3. The Kier molecular flexibility index (Phi) is 5.23. The van der Waals surface area contributed by atoms with E-state index in [1.165, 1.54) is 32.4 Å². The van der Waals surface area contributed by atoms with E-state index >= 15 is 0 Å². The molecule has 0 saturated carbocycles. The van der Waals surface area contributed by atoms with Gasteiger partial charge in [-0.05, 0) is 30.3 Å². The molecule has 0 aliphatic rings. The van der Waals surface area contributed by atoms with Crippen molar-refractivity contribution in [2.45, 2.75) is 6.18 Å². The highest BCUT2D eigenvalue weighted by Crippen LogP contribution is 2.36. The Balaban J connectivity index is 2.37. The molecule has 1 N–H and O–H groups in total. The van der Waals surface area contributed by atoms with Crippen LogP contribution in [0.25, 0.3) is 0 Å². The van der Waals surface area contributed by atoms with Crippen molar-refractivity contribution in [2.24, 2.45) is 0 Å². The molecule has 8 heteroatoms. The maximum atomic E-state index is 13.1. The van der Waals surface area contributed by atoms with Gasteiger partial charge in [-0.25, -0.2) is 0 Å². The fourth-order valence-electron chi connectivity index (χ4n) is 1.99. The van der Waals surface area contributed by atoms with Crippen LogP contribution in [0, 0.1) is 0 Å². The van der Waals surface area contributed by atoms with E-state index in [0.717, 1.165) is 12.1 Å². The highest BCUT2D eigenvalue weighted by atomic mass is 35.5. The summed E-state index contributed by atoms with van der Waals surface area (Å²) in [7, 11) is 2.80. The van der Waals surface area contributed by atoms with Gasteiger partial charge in [-0.3, -0.25) is 4.79 Å². The summed E-state index contributed by atoms with van der Waals surface area (Å²) in [6, 6.07) is 7.44. The number of methoxy groups -OCH3 is 2. The average Bonchev–Trinajstić information content (AvgIpc) is 2.54. The van der Waals surface area contributed by atoms with Crippen LogP contribution in [0.4, 0.5) is 18.9 Å². The van der Waals surface area contributed by atoms with E-state index in [1.54, 1.807) is 6.07 Å². The van der Waals surface area contributed by atoms with E-state index in [4.69, 9.17) is 21.1 Å². The molecule has 0 spiro atoms. The van der Waals surface area contributed by atoms with Crippen LogP contribution >= 0.6 is 11.6 Å². The van der Waals surface area contributed by atoms with Crippen molar-refractivity contribution >= 4 is 23.2 Å². The van der Waals surface area contributed by atoms with Crippen LogP contribution in [0.1, 0.15) is 15.9 Å². The highest BCUT2D eigenvalue weighted by Gasteiger charge is 2.34. The molecule has 2 aromatic carbocycles. The van der Waals surface area contributed by atoms with Crippen LogP contribution in [-0.2, 0) is 6.18 Å². The Morgan fingerprint density at radius 1 is 1.04 bits per heavy atom. The number of carbonyl (C=O) groups excluding carboxylic acids is 1. The van der Waals surface area contributed by atoms with E-state index in [0.29, 0.717) is 11.5 Å². The minimum absolute atomic E-state index is 0.0802. The fraction of sp³-hybridized carbons (Fsp3) is 0.188. The summed E-state index contributed by atoms with van der Waals surface area (Å²) in [5.41, 5.74) is -1.33. The minimum Gasteiger partial charge on any atom is -0.497 e. The fourth-order valence-corrected chi connectivity index (χ4v) is 2.17. The summed E-state index contributed by atoms with van der Waals surface area (Å²) >= 11 is 5.61. The third-order valence-corrected chi connectivity index (χ3v) is 3.38. The van der Waals surface area contributed by atoms with Gasteiger partial charge in [0.1, 0.15) is 11.5 Å². The number of anilines is 1. The Morgan fingerprint density at radius 3 is 2.12 bits per heavy atom. The number of rotatable bonds is 4. The van der Waals surface area contributed by atoms with Gasteiger partial charge in [0.15, 0.2) is 0 Å². The number of benzene rings is 2. The summed E-state index contributed by atoms with van der Waals surface area (Å²) in [6.45, 7) is 0. The molecule has 0 bridgehead atoms. The predicted molar refractivity (Wildman–Crippen MR) is 84.0 cm³/mol. The number of halogens is 4. The molecule has 0 fully saturated rings. The number of nitrogens with one attached hydrogen (secondary N) is 1. The van der Waals surface area contributed by atoms with Crippen LogP contribution in [0.5, 0.6) is 11.5 Å². The number of hydrogen-bond acceptors (Lipinski definition) is 3. The number of amides is 1. The number of ether oxygens (including phenoxy) is 2. The predicted octanol–water partition coefficient (Wildman–Crippen LogP) is 4.63. The van der Waals surface area contributed by atoms with Gasteiger partial charge in [-0.2, -0.15) is 13.2 Å². The first kappa shape index (κ1) is 17.9. The molecule has 0 aromatic heterocycles. The Morgan fingerprint density at radius 2 is 1.62 bits per heavy atom. The zero-order valence-electron chi connectivity index (χ0n) is 12.7. The first-order valence-corrected chi connectivity index (χ1v) is 7.03. The zero-order chi connectivity index (χ0) is 17.9. The topological polar surface area (TPSA) is 47.6 Å². The van der Waals surface area contributed by atoms with Crippen LogP contribution in [-0.4, -0.2) is 20.1 Å². The first-order chi connectivity index (χ1) is 11.2. The molecule has 2 rings (SSSR count). The second kappa shape index (κ2) is 7.00. The smallest absolute Gasteiger partial charge is 0.418 e. The molecule has 4 nitrogen and oxygen atoms in total. The van der Waals surface area contributed by atoms with Crippen molar-refractivity contribution in [3.63, 3.8) is 0 Å². The van der Waals surface area contributed by atoms with Gasteiger partial charge in [0, 0.05) is 16.7 Å². The van der Waals surface area contributed by atoms with Gasteiger partial charge < -0.3 is 14.8 Å². The third-order valence-electron chi connectivity index (χ3n) is 3.15. The molecule has 128 valence electrons. The number of alkyl halides is 3. The molecule has 0 aliphatic carbocycles. The second-order valence-electron chi connectivity index (χ2n) is 4.74. The van der Waals surface area contributed by atoms with Crippen molar-refractivity contribution < 1.29 is 27.4 Å². The zero-order valence-corrected chi connectivity index (χ0v) is 13.5. The molecule has 0 radical (unpaired) electrons. The van der Waals surface area contributed by atoms with E-state index in [9.17, 15) is 18.0 Å². The van der Waals surface area contributed by atoms with E-state index in [-0.39, 0.29) is 10.6 Å². The molecular weight excluding hydrogens is 347 g/mol. The molecule has 0 unspecified atom stereocenters. The van der Waals surface area contributed by atoms with Crippen molar-refractivity contribution in [1.82, 2.24) is 0 Å². The molecule has 0 aliphatic heterocycles. The van der Waals surface area contributed by atoms with Gasteiger partial charge in [0.2, 0.25) is 0 Å². The summed E-state index contributed by atoms with van der Waals surface area (Å²) in [5, 5.41) is 2.15. The van der Waals surface area contributed by atoms with Crippen molar-refractivity contribution in [3.8, 4) is 11.5 Å². The van der Waals surface area contributed by atoms with Crippen LogP contribution < -0.4 is 14.8 Å². The van der Waals surface area contributed by atoms with E-state index in [2.05, 4.69) is 5.32 Å². The lowest BCUT2D eigenvalue weighted by Crippen LogP contribution is -2.17. The number of hydrogen-bond donors (Lipinski definition) is 1. The van der Waals surface area contributed by atoms with Crippen molar-refractivity contribution in [2.75, 3.05) is 19.5 Å². The maximum absolute atomic E-state index is 13.1. The Bertz CT molecular complexity index is 740. The maximum Gasteiger partial charge on any atom is 0.418 e. The highest BCUT2D eigenvalue weighted by molar-refractivity contribution is 6.30. The van der Waals surface area contributed by atoms with E-state index < -0.39 is 23.3 Å². The monoisotopic (exact) mass is 359 g/mol. The van der Waals surface area contributed by atoms with Gasteiger partial charge in [-0.15, -0.1) is 0 Å². The minimum atomic E-state index is -4.65. The van der Waals surface area contributed by atoms with Crippen molar-refractivity contribution in [3.05, 3.63) is 52.5 Å². The van der Waals surface area contributed by atoms with E-state index in [1.807, 2.05) is 0 Å².